The number of nitriles is 1. The van der Waals surface area contributed by atoms with Crippen LogP contribution in [0.25, 0.3) is 6.08 Å². The third-order valence-electron chi connectivity index (χ3n) is 2.52. The zero-order valence-corrected chi connectivity index (χ0v) is 12.2. The summed E-state index contributed by atoms with van der Waals surface area (Å²) in [5.41, 5.74) is 0.780. The number of anilines is 1. The number of benzene rings is 1. The summed E-state index contributed by atoms with van der Waals surface area (Å²) in [6, 6.07) is 11.7. The van der Waals surface area contributed by atoms with Crippen molar-refractivity contribution in [2.75, 3.05) is 5.32 Å². The van der Waals surface area contributed by atoms with Crippen LogP contribution in [-0.2, 0) is 4.79 Å². The van der Waals surface area contributed by atoms with Crippen molar-refractivity contribution < 1.29 is 4.79 Å². The van der Waals surface area contributed by atoms with Crippen molar-refractivity contribution in [2.45, 2.75) is 0 Å². The minimum absolute atomic E-state index is 0.0789. The van der Waals surface area contributed by atoms with E-state index in [2.05, 4.69) is 10.3 Å². The Labute approximate surface area is 131 Å². The van der Waals surface area contributed by atoms with Crippen molar-refractivity contribution in [1.29, 1.82) is 5.26 Å². The van der Waals surface area contributed by atoms with Crippen LogP contribution in [0.2, 0.25) is 10.0 Å². The van der Waals surface area contributed by atoms with Crippen LogP contribution in [-0.4, -0.2) is 10.9 Å². The zero-order valence-electron chi connectivity index (χ0n) is 10.7. The highest BCUT2D eigenvalue weighted by Gasteiger charge is 2.12. The molecule has 0 saturated heterocycles. The van der Waals surface area contributed by atoms with Gasteiger partial charge in [-0.05, 0) is 36.4 Å². The van der Waals surface area contributed by atoms with Gasteiger partial charge >= 0.3 is 0 Å². The molecule has 21 heavy (non-hydrogen) atoms. The van der Waals surface area contributed by atoms with E-state index in [4.69, 9.17) is 28.5 Å². The number of halogens is 2. The Morgan fingerprint density at radius 2 is 2.10 bits per heavy atom. The molecule has 0 aliphatic heterocycles. The summed E-state index contributed by atoms with van der Waals surface area (Å²) >= 11 is 11.8. The van der Waals surface area contributed by atoms with Crippen molar-refractivity contribution in [3.05, 3.63) is 63.9 Å². The first-order valence-electron chi connectivity index (χ1n) is 5.89. The molecule has 0 fully saturated rings. The maximum Gasteiger partial charge on any atom is 0.266 e. The van der Waals surface area contributed by atoms with E-state index in [1.807, 2.05) is 6.07 Å². The highest BCUT2D eigenvalue weighted by Crippen LogP contribution is 2.25. The lowest BCUT2D eigenvalue weighted by Gasteiger charge is -2.06. The molecule has 1 N–H and O–H groups in total. The van der Waals surface area contributed by atoms with Crippen molar-refractivity contribution >= 4 is 40.9 Å². The summed E-state index contributed by atoms with van der Waals surface area (Å²) in [6.45, 7) is 0. The Morgan fingerprint density at radius 3 is 2.76 bits per heavy atom. The lowest BCUT2D eigenvalue weighted by atomic mass is 10.2. The maximum atomic E-state index is 12.1. The fourth-order valence-electron chi connectivity index (χ4n) is 1.54. The molecule has 104 valence electrons. The van der Waals surface area contributed by atoms with E-state index in [1.54, 1.807) is 36.5 Å². The van der Waals surface area contributed by atoms with Gasteiger partial charge in [0.05, 0.1) is 16.4 Å². The van der Waals surface area contributed by atoms with Crippen LogP contribution in [0.1, 0.15) is 5.69 Å². The van der Waals surface area contributed by atoms with Crippen LogP contribution < -0.4 is 5.32 Å². The number of hydrogen-bond donors (Lipinski definition) is 1. The van der Waals surface area contributed by atoms with Crippen molar-refractivity contribution in [3.8, 4) is 6.07 Å². The number of nitrogens with zero attached hydrogens (tertiary/aromatic N) is 2. The van der Waals surface area contributed by atoms with Gasteiger partial charge in [0.1, 0.15) is 11.6 Å². The molecule has 0 spiro atoms. The Balaban J connectivity index is 2.24. The van der Waals surface area contributed by atoms with Gasteiger partial charge in [0.15, 0.2) is 0 Å². The third kappa shape index (κ3) is 4.06. The predicted molar refractivity (Wildman–Crippen MR) is 82.9 cm³/mol. The molecular weight excluding hydrogens is 309 g/mol. The first-order chi connectivity index (χ1) is 10.1. The number of amides is 1. The monoisotopic (exact) mass is 317 g/mol. The highest BCUT2D eigenvalue weighted by atomic mass is 35.5. The summed E-state index contributed by atoms with van der Waals surface area (Å²) in [5.74, 6) is -0.577. The van der Waals surface area contributed by atoms with E-state index >= 15 is 0 Å². The topological polar surface area (TPSA) is 65.8 Å². The summed E-state index contributed by atoms with van der Waals surface area (Å²) in [4.78, 5) is 16.1. The number of carbonyl (C=O) groups is 1. The van der Waals surface area contributed by atoms with Crippen LogP contribution in [0.4, 0.5) is 5.69 Å². The fourth-order valence-corrected chi connectivity index (χ4v) is 1.88. The van der Waals surface area contributed by atoms with E-state index in [0.29, 0.717) is 21.4 Å². The second kappa shape index (κ2) is 6.89. The molecule has 1 aromatic carbocycles. The Kier molecular flexibility index (Phi) is 4.94. The first kappa shape index (κ1) is 15.0. The number of pyridine rings is 1. The number of nitrogens with one attached hydrogen (secondary N) is 1. The minimum atomic E-state index is -0.577. The van der Waals surface area contributed by atoms with Gasteiger partial charge in [-0.15, -0.1) is 0 Å². The van der Waals surface area contributed by atoms with Crippen LogP contribution in [0.3, 0.4) is 0 Å². The lowest BCUT2D eigenvalue weighted by molar-refractivity contribution is -0.112. The average Bonchev–Trinajstić information content (AvgIpc) is 2.49. The van der Waals surface area contributed by atoms with Gasteiger partial charge in [-0.25, -0.2) is 0 Å². The Morgan fingerprint density at radius 1 is 1.29 bits per heavy atom. The van der Waals surface area contributed by atoms with Gasteiger partial charge in [0.25, 0.3) is 5.91 Å². The summed E-state index contributed by atoms with van der Waals surface area (Å²) in [6.07, 6.45) is 2.97. The van der Waals surface area contributed by atoms with Gasteiger partial charge in [0, 0.05) is 11.2 Å². The SMILES string of the molecule is N#C/C(=C\c1ccccn1)C(=O)Nc1cc(Cl)ccc1Cl. The number of hydrogen-bond acceptors (Lipinski definition) is 3. The Hall–Kier alpha value is -2.35. The van der Waals surface area contributed by atoms with Crippen molar-refractivity contribution in [3.63, 3.8) is 0 Å². The molecule has 0 aliphatic carbocycles. The smallest absolute Gasteiger partial charge is 0.266 e. The van der Waals surface area contributed by atoms with Crippen LogP contribution in [0.5, 0.6) is 0 Å². The largest absolute Gasteiger partial charge is 0.320 e. The summed E-state index contributed by atoms with van der Waals surface area (Å²) in [7, 11) is 0. The molecule has 0 bridgehead atoms. The Bertz CT molecular complexity index is 736. The van der Waals surface area contributed by atoms with Crippen LogP contribution >= 0.6 is 23.2 Å². The normalized spacial score (nSPS) is 10.8. The second-order valence-corrected chi connectivity index (χ2v) is 4.85. The molecular formula is C15H9Cl2N3O. The van der Waals surface area contributed by atoms with Crippen molar-refractivity contribution in [1.82, 2.24) is 4.98 Å². The number of rotatable bonds is 3. The molecule has 1 heterocycles. The molecule has 0 saturated carbocycles. The van der Waals surface area contributed by atoms with E-state index in [1.165, 1.54) is 12.1 Å². The maximum absolute atomic E-state index is 12.1. The van der Waals surface area contributed by atoms with E-state index in [9.17, 15) is 4.79 Å². The number of carbonyl (C=O) groups excluding carboxylic acids is 1. The fraction of sp³-hybridized carbons (Fsp3) is 0. The highest BCUT2D eigenvalue weighted by molar-refractivity contribution is 6.36. The molecule has 0 atom stereocenters. The quantitative estimate of drug-likeness (QED) is 0.689. The van der Waals surface area contributed by atoms with Crippen LogP contribution in [0.15, 0.2) is 48.2 Å². The minimum Gasteiger partial charge on any atom is -0.320 e. The summed E-state index contributed by atoms with van der Waals surface area (Å²) < 4.78 is 0. The molecule has 1 aromatic heterocycles. The predicted octanol–water partition coefficient (Wildman–Crippen LogP) is 3.93. The molecule has 1 amide bonds. The molecule has 0 aliphatic rings. The van der Waals surface area contributed by atoms with E-state index < -0.39 is 5.91 Å². The van der Waals surface area contributed by atoms with E-state index in [-0.39, 0.29) is 5.57 Å². The first-order valence-corrected chi connectivity index (χ1v) is 6.65. The summed E-state index contributed by atoms with van der Waals surface area (Å²) in [5, 5.41) is 12.4. The average molecular weight is 318 g/mol. The molecule has 0 unspecified atom stereocenters. The molecule has 2 rings (SSSR count). The van der Waals surface area contributed by atoms with Crippen molar-refractivity contribution in [2.24, 2.45) is 0 Å². The number of aromatic nitrogens is 1. The van der Waals surface area contributed by atoms with Gasteiger partial charge in [-0.1, -0.05) is 29.3 Å². The third-order valence-corrected chi connectivity index (χ3v) is 3.09. The van der Waals surface area contributed by atoms with E-state index in [0.717, 1.165) is 0 Å². The lowest BCUT2D eigenvalue weighted by Crippen LogP contribution is -2.13. The molecule has 0 radical (unpaired) electrons. The van der Waals surface area contributed by atoms with Crippen LogP contribution in [0, 0.1) is 11.3 Å². The van der Waals surface area contributed by atoms with Gasteiger partial charge in [0.2, 0.25) is 0 Å². The molecule has 2 aromatic rings. The van der Waals surface area contributed by atoms with Gasteiger partial charge < -0.3 is 5.32 Å². The van der Waals surface area contributed by atoms with Gasteiger partial charge in [-0.3, -0.25) is 9.78 Å². The zero-order chi connectivity index (χ0) is 15.2. The molecule has 4 nitrogen and oxygen atoms in total. The second-order valence-electron chi connectivity index (χ2n) is 4.00. The standard InChI is InChI=1S/C15H9Cl2N3O/c16-11-4-5-13(17)14(8-11)20-15(21)10(9-18)7-12-3-1-2-6-19-12/h1-8H,(H,20,21)/b10-7+. The molecule has 6 heteroatoms. The van der Waals surface area contributed by atoms with Gasteiger partial charge in [-0.2, -0.15) is 5.26 Å².